The first-order chi connectivity index (χ1) is 12.6. The van der Waals surface area contributed by atoms with E-state index in [4.69, 9.17) is 0 Å². The van der Waals surface area contributed by atoms with Crippen LogP contribution in [0.3, 0.4) is 0 Å². The van der Waals surface area contributed by atoms with Gasteiger partial charge in [0.25, 0.3) is 11.5 Å². The summed E-state index contributed by atoms with van der Waals surface area (Å²) in [5, 5.41) is 14.0. The molecule has 0 radical (unpaired) electrons. The second kappa shape index (κ2) is 6.59. The van der Waals surface area contributed by atoms with Gasteiger partial charge in [0.1, 0.15) is 5.69 Å². The van der Waals surface area contributed by atoms with E-state index in [2.05, 4.69) is 20.6 Å². The molecule has 132 valence electrons. The molecule has 1 aromatic carbocycles. The molecule has 1 amide bonds. The fraction of sp³-hybridized carbons (Fsp3) is 0.263. The average Bonchev–Trinajstić information content (AvgIpc) is 3.04. The molecular formula is C19H19N5O2. The van der Waals surface area contributed by atoms with Crippen LogP contribution >= 0.6 is 0 Å². The van der Waals surface area contributed by atoms with Crippen LogP contribution in [-0.2, 0) is 19.9 Å². The molecular weight excluding hydrogens is 330 g/mol. The molecule has 0 spiro atoms. The predicted octanol–water partition coefficient (Wildman–Crippen LogP) is 1.46. The molecule has 0 bridgehead atoms. The minimum atomic E-state index is -0.213. The van der Waals surface area contributed by atoms with Gasteiger partial charge in [0.15, 0.2) is 0 Å². The van der Waals surface area contributed by atoms with Crippen LogP contribution in [0.25, 0.3) is 11.3 Å². The monoisotopic (exact) mass is 349 g/mol. The number of aryl methyl sites for hydroxylation is 2. The smallest absolute Gasteiger partial charge is 0.269 e. The molecule has 7 nitrogen and oxygen atoms in total. The maximum Gasteiger partial charge on any atom is 0.269 e. The van der Waals surface area contributed by atoms with Gasteiger partial charge in [-0.3, -0.25) is 14.3 Å². The van der Waals surface area contributed by atoms with Crippen LogP contribution in [0.2, 0.25) is 0 Å². The Morgan fingerprint density at radius 2 is 2.08 bits per heavy atom. The molecule has 4 rings (SSSR count). The number of aromatic amines is 1. The zero-order valence-electron chi connectivity index (χ0n) is 14.4. The number of carbonyl (C=O) groups is 1. The van der Waals surface area contributed by atoms with Gasteiger partial charge in [-0.25, -0.2) is 5.10 Å². The highest BCUT2D eigenvalue weighted by molar-refractivity contribution is 5.94. The molecule has 3 aromatic rings. The van der Waals surface area contributed by atoms with Crippen LogP contribution in [-0.4, -0.2) is 31.9 Å². The van der Waals surface area contributed by atoms with Crippen molar-refractivity contribution in [2.75, 3.05) is 0 Å². The Morgan fingerprint density at radius 3 is 2.88 bits per heavy atom. The second-order valence-corrected chi connectivity index (χ2v) is 6.52. The van der Waals surface area contributed by atoms with E-state index in [9.17, 15) is 9.59 Å². The van der Waals surface area contributed by atoms with Crippen LogP contribution in [0.15, 0.2) is 47.3 Å². The number of benzene rings is 1. The lowest BCUT2D eigenvalue weighted by Crippen LogP contribution is -2.40. The van der Waals surface area contributed by atoms with Crippen molar-refractivity contribution in [3.63, 3.8) is 0 Å². The van der Waals surface area contributed by atoms with Gasteiger partial charge < -0.3 is 5.32 Å². The van der Waals surface area contributed by atoms with Gasteiger partial charge in [-0.05, 0) is 30.9 Å². The number of nitrogens with one attached hydrogen (secondary N) is 2. The summed E-state index contributed by atoms with van der Waals surface area (Å²) < 4.78 is 1.60. The number of amides is 1. The van der Waals surface area contributed by atoms with Gasteiger partial charge in [0.05, 0.1) is 11.4 Å². The first-order valence-electron chi connectivity index (χ1n) is 8.58. The van der Waals surface area contributed by atoms with Crippen molar-refractivity contribution >= 4 is 5.91 Å². The summed E-state index contributed by atoms with van der Waals surface area (Å²) in [6, 6.07) is 13.1. The number of hydrogen-bond donors (Lipinski definition) is 2. The molecule has 7 heteroatoms. The lowest BCUT2D eigenvalue weighted by atomic mass is 9.92. The third kappa shape index (κ3) is 3.15. The first-order valence-corrected chi connectivity index (χ1v) is 8.58. The molecule has 2 heterocycles. The van der Waals surface area contributed by atoms with Gasteiger partial charge in [0, 0.05) is 24.7 Å². The number of fused-ring (bicyclic) bond motifs is 1. The number of H-pyrrole nitrogens is 1. The molecule has 26 heavy (non-hydrogen) atoms. The zero-order valence-corrected chi connectivity index (χ0v) is 14.4. The number of carbonyl (C=O) groups excluding carboxylic acids is 1. The molecule has 0 fully saturated rings. The van der Waals surface area contributed by atoms with Gasteiger partial charge >= 0.3 is 0 Å². The molecule has 0 unspecified atom stereocenters. The first kappa shape index (κ1) is 16.3. The highest BCUT2D eigenvalue weighted by Crippen LogP contribution is 2.20. The van der Waals surface area contributed by atoms with E-state index in [0.29, 0.717) is 12.1 Å². The predicted molar refractivity (Wildman–Crippen MR) is 96.8 cm³/mol. The van der Waals surface area contributed by atoms with E-state index >= 15 is 0 Å². The minimum absolute atomic E-state index is 0.0197. The minimum Gasteiger partial charge on any atom is -0.348 e. The number of nitrogens with zero attached hydrogens (tertiary/aromatic N) is 3. The average molecular weight is 349 g/mol. The fourth-order valence-corrected chi connectivity index (χ4v) is 3.35. The summed E-state index contributed by atoms with van der Waals surface area (Å²) >= 11 is 0. The SMILES string of the molecule is Cn1nc(-c2ccccc2)cc1C(=O)N[C@H]1CCc2n[nH]c(=O)cc2C1. The molecule has 0 saturated carbocycles. The van der Waals surface area contributed by atoms with Crippen molar-refractivity contribution in [3.8, 4) is 11.3 Å². The van der Waals surface area contributed by atoms with Crippen LogP contribution in [0.1, 0.15) is 28.2 Å². The molecule has 1 aliphatic rings. The lowest BCUT2D eigenvalue weighted by Gasteiger charge is -2.24. The molecule has 0 saturated heterocycles. The third-order valence-corrected chi connectivity index (χ3v) is 4.69. The van der Waals surface area contributed by atoms with Crippen molar-refractivity contribution in [3.05, 3.63) is 69.8 Å². The highest BCUT2D eigenvalue weighted by Gasteiger charge is 2.23. The number of rotatable bonds is 3. The fourth-order valence-electron chi connectivity index (χ4n) is 3.35. The van der Waals surface area contributed by atoms with Gasteiger partial charge in [-0.15, -0.1) is 0 Å². The molecule has 1 aliphatic carbocycles. The normalized spacial score (nSPS) is 16.1. The Labute approximate surface area is 150 Å². The summed E-state index contributed by atoms with van der Waals surface area (Å²) in [6.07, 6.45) is 2.14. The Hall–Kier alpha value is -3.22. The summed E-state index contributed by atoms with van der Waals surface area (Å²) in [5.74, 6) is -0.159. The Kier molecular flexibility index (Phi) is 4.12. The molecule has 1 atom stereocenters. The maximum absolute atomic E-state index is 12.7. The van der Waals surface area contributed by atoms with E-state index in [0.717, 1.165) is 35.4 Å². The molecule has 2 N–H and O–H groups in total. The van der Waals surface area contributed by atoms with Crippen molar-refractivity contribution in [2.24, 2.45) is 7.05 Å². The van der Waals surface area contributed by atoms with Crippen LogP contribution in [0.5, 0.6) is 0 Å². The number of aromatic nitrogens is 4. The Bertz CT molecular complexity index is 1010. The van der Waals surface area contributed by atoms with Crippen LogP contribution < -0.4 is 10.9 Å². The van der Waals surface area contributed by atoms with Crippen molar-refractivity contribution < 1.29 is 4.79 Å². The molecule has 2 aromatic heterocycles. The largest absolute Gasteiger partial charge is 0.348 e. The Balaban J connectivity index is 1.51. The summed E-state index contributed by atoms with van der Waals surface area (Å²) in [7, 11) is 1.76. The van der Waals surface area contributed by atoms with Crippen LogP contribution in [0.4, 0.5) is 0 Å². The van der Waals surface area contributed by atoms with Gasteiger partial charge in [-0.1, -0.05) is 30.3 Å². The summed E-state index contributed by atoms with van der Waals surface area (Å²) in [5.41, 5.74) is 3.85. The summed E-state index contributed by atoms with van der Waals surface area (Å²) in [4.78, 5) is 24.2. The van der Waals surface area contributed by atoms with Gasteiger partial charge in [0.2, 0.25) is 0 Å². The quantitative estimate of drug-likeness (QED) is 0.749. The standard InChI is InChI=1S/C19H19N5O2/c1-24-17(11-16(23-24)12-5-3-2-4-6-12)19(26)20-14-7-8-15-13(9-14)10-18(25)22-21-15/h2-6,10-11,14H,7-9H2,1H3,(H,20,26)(H,22,25)/t14-/m0/s1. The van der Waals surface area contributed by atoms with E-state index in [-0.39, 0.29) is 17.5 Å². The van der Waals surface area contributed by atoms with Crippen molar-refractivity contribution in [1.29, 1.82) is 0 Å². The third-order valence-electron chi connectivity index (χ3n) is 4.69. The maximum atomic E-state index is 12.7. The van der Waals surface area contributed by atoms with Gasteiger partial charge in [-0.2, -0.15) is 10.2 Å². The highest BCUT2D eigenvalue weighted by atomic mass is 16.2. The van der Waals surface area contributed by atoms with E-state index < -0.39 is 0 Å². The Morgan fingerprint density at radius 1 is 1.27 bits per heavy atom. The number of hydrogen-bond acceptors (Lipinski definition) is 4. The van der Waals surface area contributed by atoms with Crippen molar-refractivity contribution in [1.82, 2.24) is 25.3 Å². The topological polar surface area (TPSA) is 92.7 Å². The van der Waals surface area contributed by atoms with E-state index in [1.54, 1.807) is 23.9 Å². The lowest BCUT2D eigenvalue weighted by molar-refractivity contribution is 0.0924. The summed E-state index contributed by atoms with van der Waals surface area (Å²) in [6.45, 7) is 0. The zero-order chi connectivity index (χ0) is 18.1. The van der Waals surface area contributed by atoms with E-state index in [1.165, 1.54) is 0 Å². The van der Waals surface area contributed by atoms with Crippen LogP contribution in [0, 0.1) is 0 Å². The molecule has 0 aliphatic heterocycles. The second-order valence-electron chi connectivity index (χ2n) is 6.52. The van der Waals surface area contributed by atoms with E-state index in [1.807, 2.05) is 30.3 Å². The van der Waals surface area contributed by atoms with Crippen molar-refractivity contribution in [2.45, 2.75) is 25.3 Å².